The Hall–Kier alpha value is -3.49. The molecular weight excluding hydrogens is 450 g/mol. The maximum Gasteiger partial charge on any atom is 0.267 e. The lowest BCUT2D eigenvalue weighted by Crippen LogP contribution is -2.28. The lowest BCUT2D eigenvalue weighted by molar-refractivity contribution is -0.122. The first-order valence-electron chi connectivity index (χ1n) is 9.51. The van der Waals surface area contributed by atoms with Crippen LogP contribution < -0.4 is 4.74 Å². The molecule has 3 aromatic rings. The summed E-state index contributed by atoms with van der Waals surface area (Å²) in [5, 5.41) is 19.3. The highest BCUT2D eigenvalue weighted by molar-refractivity contribution is 8.18. The monoisotopic (exact) mass is 467 g/mol. The number of methoxy groups -OCH3 is 1. The number of carbonyl (C=O) groups is 1. The van der Waals surface area contributed by atoms with E-state index in [0.29, 0.717) is 32.2 Å². The molecule has 0 spiro atoms. The summed E-state index contributed by atoms with van der Waals surface area (Å²) in [6, 6.07) is 15.6. The van der Waals surface area contributed by atoms with E-state index < -0.39 is 0 Å². The summed E-state index contributed by atoms with van der Waals surface area (Å²) in [6.07, 6.45) is 4.86. The highest BCUT2D eigenvalue weighted by atomic mass is 35.5. The molecule has 1 saturated heterocycles. The minimum absolute atomic E-state index is 0.0262. The number of hydrogen-bond acceptors (Lipinski definition) is 7. The van der Waals surface area contributed by atoms with Crippen LogP contribution in [-0.4, -0.2) is 34.4 Å². The highest BCUT2D eigenvalue weighted by Gasteiger charge is 2.34. The molecule has 7 nitrogen and oxygen atoms in total. The predicted octanol–water partition coefficient (Wildman–Crippen LogP) is 5.15. The third-order valence-electron chi connectivity index (χ3n) is 4.50. The van der Waals surface area contributed by atoms with Crippen molar-refractivity contribution in [2.45, 2.75) is 6.54 Å². The van der Waals surface area contributed by atoms with Crippen molar-refractivity contribution >= 4 is 46.7 Å². The van der Waals surface area contributed by atoms with Crippen molar-refractivity contribution < 1.29 is 19.1 Å². The molecule has 1 aromatic heterocycles. The van der Waals surface area contributed by atoms with Gasteiger partial charge >= 0.3 is 0 Å². The van der Waals surface area contributed by atoms with E-state index in [0.717, 1.165) is 5.56 Å². The predicted molar refractivity (Wildman–Crippen MR) is 126 cm³/mol. The summed E-state index contributed by atoms with van der Waals surface area (Å²) in [5.41, 5.74) is 1.54. The van der Waals surface area contributed by atoms with Crippen LogP contribution in [0.4, 0.5) is 0 Å². The number of aromatic hydroxyl groups is 1. The Balaban J connectivity index is 1.62. The molecule has 162 valence electrons. The quantitative estimate of drug-likeness (QED) is 0.307. The van der Waals surface area contributed by atoms with E-state index in [2.05, 4.69) is 10.2 Å². The van der Waals surface area contributed by atoms with E-state index in [9.17, 15) is 9.90 Å². The number of phenols is 1. The molecule has 2 aromatic carbocycles. The standard InChI is InChI=1S/C23H18ClN3O4S/c1-30-20-11-16(6-9-19(20)28)12-21-22(29)27(14-18-3-2-10-31-18)23(32-21)26-25-13-15-4-7-17(24)8-5-15/h2-13,28H,14H2,1H3/b21-12-,25-13-,26-23+. The molecular formula is C23H18ClN3O4S. The van der Waals surface area contributed by atoms with Crippen LogP contribution >= 0.6 is 23.4 Å². The third-order valence-corrected chi connectivity index (χ3v) is 5.75. The lowest BCUT2D eigenvalue weighted by Gasteiger charge is -2.12. The van der Waals surface area contributed by atoms with Crippen molar-refractivity contribution in [3.05, 3.63) is 87.7 Å². The number of halogens is 1. The van der Waals surface area contributed by atoms with E-state index in [-0.39, 0.29) is 18.2 Å². The minimum Gasteiger partial charge on any atom is -0.504 e. The molecule has 1 fully saturated rings. The van der Waals surface area contributed by atoms with Gasteiger partial charge in [0, 0.05) is 5.02 Å². The fourth-order valence-electron chi connectivity index (χ4n) is 2.91. The summed E-state index contributed by atoms with van der Waals surface area (Å²) in [5.74, 6) is 0.752. The zero-order valence-corrected chi connectivity index (χ0v) is 18.5. The second-order valence-corrected chi connectivity index (χ2v) is 8.14. The van der Waals surface area contributed by atoms with Crippen LogP contribution in [-0.2, 0) is 11.3 Å². The van der Waals surface area contributed by atoms with Gasteiger partial charge < -0.3 is 14.3 Å². The van der Waals surface area contributed by atoms with Gasteiger partial charge in [-0.05, 0) is 65.4 Å². The van der Waals surface area contributed by atoms with Crippen molar-refractivity contribution in [3.8, 4) is 11.5 Å². The fraction of sp³-hybridized carbons (Fsp3) is 0.0870. The fourth-order valence-corrected chi connectivity index (χ4v) is 3.97. The molecule has 1 aliphatic rings. The topological polar surface area (TPSA) is 87.6 Å². The molecule has 9 heteroatoms. The van der Waals surface area contributed by atoms with Crippen molar-refractivity contribution in [2.24, 2.45) is 10.2 Å². The first-order chi connectivity index (χ1) is 15.5. The number of thioether (sulfide) groups is 1. The Morgan fingerprint density at radius 1 is 1.19 bits per heavy atom. The molecule has 0 aliphatic carbocycles. The van der Waals surface area contributed by atoms with Gasteiger partial charge in [0.2, 0.25) is 0 Å². The van der Waals surface area contributed by atoms with E-state index in [1.807, 2.05) is 12.1 Å². The average Bonchev–Trinajstić information content (AvgIpc) is 3.41. The van der Waals surface area contributed by atoms with Gasteiger partial charge in [-0.3, -0.25) is 9.69 Å². The Morgan fingerprint density at radius 2 is 1.97 bits per heavy atom. The van der Waals surface area contributed by atoms with Gasteiger partial charge in [0.25, 0.3) is 5.91 Å². The Morgan fingerprint density at radius 3 is 2.69 bits per heavy atom. The number of amides is 1. The van der Waals surface area contributed by atoms with Gasteiger partial charge in [-0.2, -0.15) is 5.10 Å². The zero-order valence-electron chi connectivity index (χ0n) is 16.9. The largest absolute Gasteiger partial charge is 0.504 e. The van der Waals surface area contributed by atoms with Crippen molar-refractivity contribution in [1.29, 1.82) is 0 Å². The normalized spacial score (nSPS) is 16.6. The summed E-state index contributed by atoms with van der Waals surface area (Å²) < 4.78 is 10.5. The van der Waals surface area contributed by atoms with Crippen LogP contribution in [0.25, 0.3) is 6.08 Å². The zero-order chi connectivity index (χ0) is 22.5. The number of carbonyl (C=O) groups excluding carboxylic acids is 1. The van der Waals surface area contributed by atoms with Crippen LogP contribution in [0, 0.1) is 0 Å². The third kappa shape index (κ3) is 5.04. The van der Waals surface area contributed by atoms with Crippen LogP contribution in [0.2, 0.25) is 5.02 Å². The summed E-state index contributed by atoms with van der Waals surface area (Å²) >= 11 is 7.11. The van der Waals surface area contributed by atoms with Gasteiger partial charge in [-0.1, -0.05) is 29.8 Å². The van der Waals surface area contributed by atoms with Crippen molar-refractivity contribution in [1.82, 2.24) is 4.90 Å². The van der Waals surface area contributed by atoms with Crippen LogP contribution in [0.1, 0.15) is 16.9 Å². The first kappa shape index (κ1) is 21.7. The second-order valence-electron chi connectivity index (χ2n) is 6.69. The van der Waals surface area contributed by atoms with E-state index in [4.69, 9.17) is 20.8 Å². The number of phenolic OH excluding ortho intramolecular Hbond substituents is 1. The van der Waals surface area contributed by atoms with Gasteiger partial charge in [-0.25, -0.2) is 0 Å². The number of nitrogens with zero attached hydrogens (tertiary/aromatic N) is 3. The molecule has 0 saturated carbocycles. The second kappa shape index (κ2) is 9.76. The minimum atomic E-state index is -0.223. The molecule has 0 unspecified atom stereocenters. The van der Waals surface area contributed by atoms with Crippen LogP contribution in [0.15, 0.2) is 80.4 Å². The van der Waals surface area contributed by atoms with Gasteiger partial charge in [0.05, 0.1) is 31.0 Å². The Bertz CT molecular complexity index is 1200. The molecule has 0 radical (unpaired) electrons. The maximum absolute atomic E-state index is 13.1. The number of furan rings is 1. The molecule has 32 heavy (non-hydrogen) atoms. The smallest absolute Gasteiger partial charge is 0.267 e. The number of ether oxygens (including phenoxy) is 1. The molecule has 2 heterocycles. The summed E-state index contributed by atoms with van der Waals surface area (Å²) in [4.78, 5) is 15.1. The van der Waals surface area contributed by atoms with Crippen molar-refractivity contribution in [3.63, 3.8) is 0 Å². The average molecular weight is 468 g/mol. The van der Waals surface area contributed by atoms with E-state index in [1.54, 1.807) is 55.0 Å². The van der Waals surface area contributed by atoms with Gasteiger partial charge in [-0.15, -0.1) is 5.10 Å². The molecule has 0 bridgehead atoms. The molecule has 1 N–H and O–H groups in total. The van der Waals surface area contributed by atoms with Crippen LogP contribution in [0.5, 0.6) is 11.5 Å². The molecule has 1 aliphatic heterocycles. The summed E-state index contributed by atoms with van der Waals surface area (Å²) in [6.45, 7) is 0.227. The van der Waals surface area contributed by atoms with Gasteiger partial charge in [0.15, 0.2) is 16.7 Å². The van der Waals surface area contributed by atoms with E-state index >= 15 is 0 Å². The number of amidine groups is 1. The van der Waals surface area contributed by atoms with Crippen molar-refractivity contribution in [2.75, 3.05) is 7.11 Å². The Labute approximate surface area is 193 Å². The molecule has 4 rings (SSSR count). The maximum atomic E-state index is 13.1. The van der Waals surface area contributed by atoms with E-state index in [1.165, 1.54) is 29.8 Å². The Kier molecular flexibility index (Phi) is 6.63. The summed E-state index contributed by atoms with van der Waals surface area (Å²) in [7, 11) is 1.47. The SMILES string of the molecule is COc1cc(/C=C2\S/C(=N/N=C\c3ccc(Cl)cc3)N(Cc3ccco3)C2=O)ccc1O. The molecule has 0 atom stereocenters. The first-order valence-corrected chi connectivity index (χ1v) is 10.7. The number of rotatable bonds is 6. The number of hydrogen-bond donors (Lipinski definition) is 1. The highest BCUT2D eigenvalue weighted by Crippen LogP contribution is 2.35. The number of benzene rings is 2. The van der Waals surface area contributed by atoms with Crippen LogP contribution in [0.3, 0.4) is 0 Å². The molecule has 1 amide bonds. The lowest BCUT2D eigenvalue weighted by atomic mass is 10.2. The van der Waals surface area contributed by atoms with Gasteiger partial charge in [0.1, 0.15) is 5.76 Å².